The first-order valence-corrected chi connectivity index (χ1v) is 5.81. The molecule has 1 aromatic rings. The van der Waals surface area contributed by atoms with Gasteiger partial charge in [-0.15, -0.1) is 0 Å². The highest BCUT2D eigenvalue weighted by Crippen LogP contribution is 2.30. The number of ether oxygens (including phenoxy) is 2. The highest BCUT2D eigenvalue weighted by Gasteiger charge is 2.13. The van der Waals surface area contributed by atoms with E-state index in [9.17, 15) is 0 Å². The Morgan fingerprint density at radius 3 is 2.35 bits per heavy atom. The summed E-state index contributed by atoms with van der Waals surface area (Å²) in [4.78, 5) is 0. The average Bonchev–Trinajstić information content (AvgIpc) is 2.34. The maximum Gasteiger partial charge on any atom is 0.123 e. The molecular formula is C13H22N2O2. The summed E-state index contributed by atoms with van der Waals surface area (Å²) in [6, 6.07) is 5.74. The molecule has 17 heavy (non-hydrogen) atoms. The molecule has 0 amide bonds. The van der Waals surface area contributed by atoms with Crippen LogP contribution in [0.4, 0.5) is 0 Å². The van der Waals surface area contributed by atoms with Crippen molar-refractivity contribution in [3.8, 4) is 11.5 Å². The lowest BCUT2D eigenvalue weighted by Crippen LogP contribution is -2.19. The van der Waals surface area contributed by atoms with Crippen LogP contribution in [-0.4, -0.2) is 20.3 Å². The molecule has 0 saturated carbocycles. The van der Waals surface area contributed by atoms with Gasteiger partial charge in [0.05, 0.1) is 14.2 Å². The summed E-state index contributed by atoms with van der Waals surface area (Å²) in [5.74, 6) is 1.58. The van der Waals surface area contributed by atoms with Crippen molar-refractivity contribution < 1.29 is 9.47 Å². The predicted molar refractivity (Wildman–Crippen MR) is 69.4 cm³/mol. The second kappa shape index (κ2) is 6.47. The van der Waals surface area contributed by atoms with Gasteiger partial charge in [0.25, 0.3) is 0 Å². The molecule has 4 heteroatoms. The Morgan fingerprint density at radius 1 is 1.12 bits per heavy atom. The molecule has 4 N–H and O–H groups in total. The lowest BCUT2D eigenvalue weighted by molar-refractivity contribution is 0.392. The van der Waals surface area contributed by atoms with E-state index in [4.69, 9.17) is 20.9 Å². The molecular weight excluding hydrogens is 216 g/mol. The zero-order valence-corrected chi connectivity index (χ0v) is 10.8. The highest BCUT2D eigenvalue weighted by molar-refractivity contribution is 5.42. The monoisotopic (exact) mass is 238 g/mol. The summed E-state index contributed by atoms with van der Waals surface area (Å²) in [5.41, 5.74) is 12.9. The topological polar surface area (TPSA) is 70.5 Å². The van der Waals surface area contributed by atoms with Gasteiger partial charge in [-0.2, -0.15) is 0 Å². The third-order valence-corrected chi connectivity index (χ3v) is 2.77. The van der Waals surface area contributed by atoms with Crippen LogP contribution in [0.15, 0.2) is 18.2 Å². The van der Waals surface area contributed by atoms with Gasteiger partial charge in [0.15, 0.2) is 0 Å². The second-order valence-electron chi connectivity index (χ2n) is 4.27. The van der Waals surface area contributed by atoms with E-state index in [1.165, 1.54) is 0 Å². The fourth-order valence-electron chi connectivity index (χ4n) is 1.73. The molecule has 96 valence electrons. The van der Waals surface area contributed by atoms with Crippen molar-refractivity contribution >= 4 is 0 Å². The minimum absolute atomic E-state index is 0.0777. The van der Waals surface area contributed by atoms with Crippen LogP contribution >= 0.6 is 0 Å². The van der Waals surface area contributed by atoms with Crippen molar-refractivity contribution in [1.82, 2.24) is 0 Å². The largest absolute Gasteiger partial charge is 0.497 e. The maximum absolute atomic E-state index is 6.15. The van der Waals surface area contributed by atoms with Crippen LogP contribution in [0.5, 0.6) is 11.5 Å². The molecule has 0 radical (unpaired) electrons. The molecule has 2 unspecified atom stereocenters. The first-order valence-electron chi connectivity index (χ1n) is 5.81. The Bertz CT molecular complexity index is 353. The molecule has 0 spiro atoms. The lowest BCUT2D eigenvalue weighted by atomic mass is 9.99. The van der Waals surface area contributed by atoms with Crippen LogP contribution in [0, 0.1) is 0 Å². The van der Waals surface area contributed by atoms with Crippen LogP contribution in [0.1, 0.15) is 31.4 Å². The van der Waals surface area contributed by atoms with E-state index in [1.807, 2.05) is 25.1 Å². The summed E-state index contributed by atoms with van der Waals surface area (Å²) in [7, 11) is 3.28. The van der Waals surface area contributed by atoms with Gasteiger partial charge in [-0.3, -0.25) is 0 Å². The van der Waals surface area contributed by atoms with Gasteiger partial charge < -0.3 is 20.9 Å². The normalized spacial score (nSPS) is 14.2. The molecule has 0 fully saturated rings. The lowest BCUT2D eigenvalue weighted by Gasteiger charge is -2.17. The van der Waals surface area contributed by atoms with Gasteiger partial charge in [-0.05, 0) is 38.0 Å². The molecule has 0 heterocycles. The number of hydrogen-bond acceptors (Lipinski definition) is 4. The van der Waals surface area contributed by atoms with Crippen LogP contribution in [0.3, 0.4) is 0 Å². The van der Waals surface area contributed by atoms with Gasteiger partial charge >= 0.3 is 0 Å². The summed E-state index contributed by atoms with van der Waals surface area (Å²) in [5, 5.41) is 0. The van der Waals surface area contributed by atoms with Crippen molar-refractivity contribution in [3.05, 3.63) is 23.8 Å². The highest BCUT2D eigenvalue weighted by atomic mass is 16.5. The fourth-order valence-corrected chi connectivity index (χ4v) is 1.73. The minimum Gasteiger partial charge on any atom is -0.497 e. The first kappa shape index (κ1) is 13.8. The molecule has 0 aliphatic rings. The van der Waals surface area contributed by atoms with Gasteiger partial charge in [0, 0.05) is 17.6 Å². The summed E-state index contributed by atoms with van der Waals surface area (Å²) in [6.45, 7) is 1.98. The number of rotatable bonds is 6. The number of benzene rings is 1. The molecule has 1 rings (SSSR count). The number of hydrogen-bond donors (Lipinski definition) is 2. The first-order chi connectivity index (χ1) is 8.08. The summed E-state index contributed by atoms with van der Waals surface area (Å²) < 4.78 is 10.5. The van der Waals surface area contributed by atoms with E-state index in [1.54, 1.807) is 14.2 Å². The zero-order chi connectivity index (χ0) is 12.8. The van der Waals surface area contributed by atoms with Crippen molar-refractivity contribution in [2.24, 2.45) is 11.5 Å². The molecule has 0 saturated heterocycles. The Balaban J connectivity index is 2.85. The molecule has 0 aliphatic heterocycles. The molecule has 4 nitrogen and oxygen atoms in total. The van der Waals surface area contributed by atoms with E-state index < -0.39 is 0 Å². The summed E-state index contributed by atoms with van der Waals surface area (Å²) in [6.07, 6.45) is 1.72. The predicted octanol–water partition coefficient (Wildman–Crippen LogP) is 1.83. The van der Waals surface area contributed by atoms with E-state index in [2.05, 4.69) is 0 Å². The van der Waals surface area contributed by atoms with E-state index >= 15 is 0 Å². The Labute approximate surface area is 103 Å². The van der Waals surface area contributed by atoms with Crippen LogP contribution in [0.2, 0.25) is 0 Å². The van der Waals surface area contributed by atoms with Gasteiger partial charge in [0.2, 0.25) is 0 Å². The van der Waals surface area contributed by atoms with Crippen molar-refractivity contribution in [3.63, 3.8) is 0 Å². The van der Waals surface area contributed by atoms with Crippen LogP contribution < -0.4 is 20.9 Å². The van der Waals surface area contributed by atoms with E-state index in [0.29, 0.717) is 0 Å². The Kier molecular flexibility index (Phi) is 5.25. The van der Waals surface area contributed by atoms with Crippen LogP contribution in [-0.2, 0) is 0 Å². The second-order valence-corrected chi connectivity index (χ2v) is 4.27. The number of nitrogens with two attached hydrogens (primary N) is 2. The molecule has 0 bridgehead atoms. The number of methoxy groups -OCH3 is 2. The van der Waals surface area contributed by atoms with Crippen molar-refractivity contribution in [2.75, 3.05) is 14.2 Å². The van der Waals surface area contributed by atoms with Crippen LogP contribution in [0.25, 0.3) is 0 Å². The van der Waals surface area contributed by atoms with Crippen molar-refractivity contribution in [2.45, 2.75) is 31.8 Å². The smallest absolute Gasteiger partial charge is 0.123 e. The van der Waals surface area contributed by atoms with Gasteiger partial charge in [-0.25, -0.2) is 0 Å². The molecule has 0 aromatic heterocycles. The quantitative estimate of drug-likeness (QED) is 0.793. The SMILES string of the molecule is COc1ccc(OC)c(C(N)CCC(C)N)c1. The third kappa shape index (κ3) is 3.91. The maximum atomic E-state index is 6.15. The minimum atomic E-state index is -0.0777. The average molecular weight is 238 g/mol. The third-order valence-electron chi connectivity index (χ3n) is 2.77. The van der Waals surface area contributed by atoms with Gasteiger partial charge in [0.1, 0.15) is 11.5 Å². The Morgan fingerprint density at radius 2 is 1.82 bits per heavy atom. The molecule has 2 atom stereocenters. The zero-order valence-electron chi connectivity index (χ0n) is 10.8. The Hall–Kier alpha value is -1.26. The van der Waals surface area contributed by atoms with E-state index in [0.717, 1.165) is 29.9 Å². The van der Waals surface area contributed by atoms with Crippen molar-refractivity contribution in [1.29, 1.82) is 0 Å². The standard InChI is InChI=1S/C13H22N2O2/c1-9(14)4-6-12(15)11-8-10(16-2)5-7-13(11)17-3/h5,7-9,12H,4,6,14-15H2,1-3H3. The molecule has 1 aromatic carbocycles. The summed E-state index contributed by atoms with van der Waals surface area (Å²) >= 11 is 0. The molecule has 0 aliphatic carbocycles. The van der Waals surface area contributed by atoms with Gasteiger partial charge in [-0.1, -0.05) is 0 Å². The van der Waals surface area contributed by atoms with E-state index in [-0.39, 0.29) is 12.1 Å². The fraction of sp³-hybridized carbons (Fsp3) is 0.538.